The highest BCUT2D eigenvalue weighted by atomic mass is 35.5. The lowest BCUT2D eigenvalue weighted by molar-refractivity contribution is 0.184. The van der Waals surface area contributed by atoms with Gasteiger partial charge in [0.2, 0.25) is 11.2 Å². The Balaban J connectivity index is 2.09. The van der Waals surface area contributed by atoms with Crippen LogP contribution in [0.25, 0.3) is 0 Å². The first-order chi connectivity index (χ1) is 10.2. The summed E-state index contributed by atoms with van der Waals surface area (Å²) < 4.78 is 10.4. The van der Waals surface area contributed by atoms with E-state index in [0.717, 1.165) is 11.1 Å². The lowest BCUT2D eigenvalue weighted by Crippen LogP contribution is -2.08. The van der Waals surface area contributed by atoms with Crippen LogP contribution >= 0.6 is 11.6 Å². The molecule has 0 spiro atoms. The Morgan fingerprint density at radius 1 is 1.14 bits per heavy atom. The molecule has 1 heterocycles. The van der Waals surface area contributed by atoms with Gasteiger partial charge in [0.15, 0.2) is 0 Å². The van der Waals surface area contributed by atoms with E-state index >= 15 is 0 Å². The molecule has 0 atom stereocenters. The fourth-order valence-corrected chi connectivity index (χ4v) is 1.96. The van der Waals surface area contributed by atoms with Crippen molar-refractivity contribution in [3.8, 4) is 6.01 Å². The molecule has 0 fully saturated rings. The van der Waals surface area contributed by atoms with Gasteiger partial charge >= 0.3 is 6.01 Å². The smallest absolute Gasteiger partial charge is 0.322 e. The average Bonchev–Trinajstić information content (AvgIpc) is 2.46. The fourth-order valence-electron chi connectivity index (χ4n) is 1.81. The second kappa shape index (κ2) is 7.75. The lowest BCUT2D eigenvalue weighted by Gasteiger charge is -2.10. The van der Waals surface area contributed by atoms with Gasteiger partial charge in [-0.2, -0.15) is 15.0 Å². The van der Waals surface area contributed by atoms with E-state index in [4.69, 9.17) is 21.1 Å². The summed E-state index contributed by atoms with van der Waals surface area (Å²) in [5.41, 5.74) is 2.21. The van der Waals surface area contributed by atoms with Gasteiger partial charge in [-0.05, 0) is 29.7 Å². The number of methoxy groups -OCH3 is 1. The highest BCUT2D eigenvalue weighted by Gasteiger charge is 2.07. The van der Waals surface area contributed by atoms with Gasteiger partial charge in [0, 0.05) is 13.7 Å². The molecule has 0 bridgehead atoms. The molecule has 0 aliphatic heterocycles. The van der Waals surface area contributed by atoms with Gasteiger partial charge < -0.3 is 14.8 Å². The van der Waals surface area contributed by atoms with Crippen LogP contribution < -0.4 is 10.1 Å². The number of benzene rings is 1. The van der Waals surface area contributed by atoms with Crippen molar-refractivity contribution < 1.29 is 9.47 Å². The summed E-state index contributed by atoms with van der Waals surface area (Å²) in [5.74, 6) is 0.380. The Labute approximate surface area is 128 Å². The van der Waals surface area contributed by atoms with Crippen molar-refractivity contribution in [2.45, 2.75) is 20.1 Å². The Kier molecular flexibility index (Phi) is 5.71. The van der Waals surface area contributed by atoms with Crippen molar-refractivity contribution in [2.24, 2.45) is 0 Å². The number of nitrogens with zero attached hydrogens (tertiary/aromatic N) is 3. The minimum absolute atomic E-state index is 0.0983. The predicted octanol–water partition coefficient (Wildman–Crippen LogP) is 2.68. The summed E-state index contributed by atoms with van der Waals surface area (Å²) in [6, 6.07) is 8.21. The van der Waals surface area contributed by atoms with Crippen LogP contribution in [-0.4, -0.2) is 28.7 Å². The highest BCUT2D eigenvalue weighted by Crippen LogP contribution is 2.14. The predicted molar refractivity (Wildman–Crippen MR) is 80.5 cm³/mol. The van der Waals surface area contributed by atoms with E-state index in [1.54, 1.807) is 7.11 Å². The number of hydrogen-bond donors (Lipinski definition) is 1. The van der Waals surface area contributed by atoms with Crippen LogP contribution in [0.5, 0.6) is 6.01 Å². The number of aromatic nitrogens is 3. The van der Waals surface area contributed by atoms with Crippen LogP contribution in [0.1, 0.15) is 18.1 Å². The molecule has 0 saturated carbocycles. The molecule has 0 aliphatic rings. The van der Waals surface area contributed by atoms with Gasteiger partial charge in [0.1, 0.15) is 0 Å². The molecular formula is C14H17ClN4O2. The monoisotopic (exact) mass is 308 g/mol. The van der Waals surface area contributed by atoms with E-state index in [0.29, 0.717) is 25.7 Å². The molecule has 1 N–H and O–H groups in total. The molecule has 0 radical (unpaired) electrons. The number of halogens is 1. The number of hydrogen-bond acceptors (Lipinski definition) is 6. The second-order valence-corrected chi connectivity index (χ2v) is 4.54. The molecule has 0 amide bonds. The molecule has 0 saturated heterocycles. The molecular weight excluding hydrogens is 292 g/mol. The fraction of sp³-hybridized carbons (Fsp3) is 0.357. The number of anilines is 1. The van der Waals surface area contributed by atoms with E-state index < -0.39 is 0 Å². The van der Waals surface area contributed by atoms with Crippen LogP contribution in [0.3, 0.4) is 0 Å². The third-order valence-electron chi connectivity index (χ3n) is 2.72. The van der Waals surface area contributed by atoms with Crippen molar-refractivity contribution in [3.05, 3.63) is 40.7 Å². The quantitative estimate of drug-likeness (QED) is 0.848. The first kappa shape index (κ1) is 15.5. The third kappa shape index (κ3) is 4.54. The van der Waals surface area contributed by atoms with Crippen LogP contribution in [-0.2, 0) is 17.9 Å². The second-order valence-electron chi connectivity index (χ2n) is 4.20. The zero-order valence-corrected chi connectivity index (χ0v) is 12.7. The molecule has 0 aliphatic carbocycles. The zero-order chi connectivity index (χ0) is 15.1. The van der Waals surface area contributed by atoms with E-state index in [2.05, 4.69) is 20.3 Å². The average molecular weight is 309 g/mol. The Morgan fingerprint density at radius 2 is 1.90 bits per heavy atom. The molecule has 1 aromatic carbocycles. The van der Waals surface area contributed by atoms with Crippen molar-refractivity contribution in [1.82, 2.24) is 15.0 Å². The van der Waals surface area contributed by atoms with Crippen LogP contribution in [0.15, 0.2) is 24.3 Å². The normalized spacial score (nSPS) is 10.4. The maximum atomic E-state index is 5.85. The van der Waals surface area contributed by atoms with E-state index in [1.807, 2.05) is 31.2 Å². The molecule has 112 valence electrons. The van der Waals surface area contributed by atoms with E-state index in [9.17, 15) is 0 Å². The van der Waals surface area contributed by atoms with Crippen LogP contribution in [0.4, 0.5) is 5.95 Å². The lowest BCUT2D eigenvalue weighted by atomic mass is 10.1. The highest BCUT2D eigenvalue weighted by molar-refractivity contribution is 6.28. The zero-order valence-electron chi connectivity index (χ0n) is 12.0. The number of nitrogens with one attached hydrogen (secondary N) is 1. The topological polar surface area (TPSA) is 69.2 Å². The summed E-state index contributed by atoms with van der Waals surface area (Å²) in [6.45, 7) is 3.44. The summed E-state index contributed by atoms with van der Waals surface area (Å²) in [5, 5.41) is 3.22. The standard InChI is InChI=1S/C14H17ClN4O2/c1-3-21-14-18-12(15)17-13(19-14)16-8-10-6-4-5-7-11(10)9-20-2/h4-7H,3,8-9H2,1-2H3,(H,16,17,18,19). The molecule has 2 aromatic rings. The van der Waals surface area contributed by atoms with Gasteiger partial charge in [0.05, 0.1) is 13.2 Å². The molecule has 0 unspecified atom stereocenters. The maximum absolute atomic E-state index is 5.85. The van der Waals surface area contributed by atoms with Gasteiger partial charge in [-0.25, -0.2) is 0 Å². The first-order valence-electron chi connectivity index (χ1n) is 6.57. The van der Waals surface area contributed by atoms with Crippen LogP contribution in [0.2, 0.25) is 5.28 Å². The summed E-state index contributed by atoms with van der Waals surface area (Å²) >= 11 is 5.85. The van der Waals surface area contributed by atoms with Crippen molar-refractivity contribution in [2.75, 3.05) is 19.0 Å². The Hall–Kier alpha value is -1.92. The summed E-state index contributed by atoms with van der Waals surface area (Å²) in [7, 11) is 1.67. The van der Waals surface area contributed by atoms with Gasteiger partial charge in [-0.1, -0.05) is 24.3 Å². The Bertz CT molecular complexity index is 595. The van der Waals surface area contributed by atoms with Gasteiger partial charge in [-0.3, -0.25) is 0 Å². The largest absolute Gasteiger partial charge is 0.464 e. The van der Waals surface area contributed by atoms with Crippen molar-refractivity contribution in [1.29, 1.82) is 0 Å². The summed E-state index contributed by atoms with van der Waals surface area (Å²) in [6.07, 6.45) is 0. The number of rotatable bonds is 7. The molecule has 21 heavy (non-hydrogen) atoms. The van der Waals surface area contributed by atoms with Crippen molar-refractivity contribution in [3.63, 3.8) is 0 Å². The van der Waals surface area contributed by atoms with Crippen molar-refractivity contribution >= 4 is 17.5 Å². The van der Waals surface area contributed by atoms with E-state index in [-0.39, 0.29) is 11.3 Å². The first-order valence-corrected chi connectivity index (χ1v) is 6.94. The summed E-state index contributed by atoms with van der Waals surface area (Å²) in [4.78, 5) is 12.1. The minimum Gasteiger partial charge on any atom is -0.464 e. The number of ether oxygens (including phenoxy) is 2. The molecule has 6 nitrogen and oxygen atoms in total. The van der Waals surface area contributed by atoms with Crippen LogP contribution in [0, 0.1) is 0 Å². The molecule has 7 heteroatoms. The van der Waals surface area contributed by atoms with E-state index in [1.165, 1.54) is 0 Å². The van der Waals surface area contributed by atoms with Gasteiger partial charge in [0.25, 0.3) is 0 Å². The third-order valence-corrected chi connectivity index (χ3v) is 2.89. The molecule has 1 aromatic heterocycles. The Morgan fingerprint density at radius 3 is 2.62 bits per heavy atom. The minimum atomic E-state index is 0.0983. The maximum Gasteiger partial charge on any atom is 0.322 e. The van der Waals surface area contributed by atoms with Gasteiger partial charge in [-0.15, -0.1) is 0 Å². The SMILES string of the molecule is CCOc1nc(Cl)nc(NCc2ccccc2COC)n1. The molecule has 2 rings (SSSR count).